The van der Waals surface area contributed by atoms with E-state index < -0.39 is 17.5 Å². The van der Waals surface area contributed by atoms with Crippen LogP contribution in [-0.2, 0) is 36.8 Å². The van der Waals surface area contributed by atoms with Gasteiger partial charge < -0.3 is 24.7 Å². The number of hydrazine groups is 1. The van der Waals surface area contributed by atoms with Crippen LogP contribution in [0.15, 0.2) is 41.5 Å². The van der Waals surface area contributed by atoms with Crippen molar-refractivity contribution < 1.29 is 23.9 Å². The maximum atomic E-state index is 14.2. The van der Waals surface area contributed by atoms with Crippen molar-refractivity contribution >= 4 is 45.5 Å². The number of fused-ring (bicyclic) bond motifs is 5. The van der Waals surface area contributed by atoms with Gasteiger partial charge >= 0.3 is 5.97 Å². The number of amides is 2. The number of aromatic nitrogens is 2. The van der Waals surface area contributed by atoms with E-state index in [1.54, 1.807) is 18.9 Å². The number of methoxy groups -OCH3 is 1. The average Bonchev–Trinajstić information content (AvgIpc) is 3.45. The molecule has 2 fully saturated rings. The second kappa shape index (κ2) is 16.0. The van der Waals surface area contributed by atoms with E-state index in [4.69, 9.17) is 19.5 Å². The molecule has 4 aliphatic rings. The first-order chi connectivity index (χ1) is 26.3. The molecule has 1 saturated heterocycles. The minimum Gasteiger partial charge on any atom is -0.464 e. The number of rotatable bonds is 8. The van der Waals surface area contributed by atoms with Crippen LogP contribution in [0.1, 0.15) is 89.8 Å². The number of hydrogen-bond acceptors (Lipinski definition) is 10. The number of thioether (sulfide) groups is 1. The number of cyclic esters (lactones) is 1. The molecule has 0 radical (unpaired) electrons. The predicted octanol–water partition coefficient (Wildman–Crippen LogP) is 5.60. The van der Waals surface area contributed by atoms with Crippen molar-refractivity contribution in [2.24, 2.45) is 28.2 Å². The van der Waals surface area contributed by atoms with Crippen molar-refractivity contribution in [2.45, 2.75) is 103 Å². The molecule has 5 heterocycles. The third-order valence-electron chi connectivity index (χ3n) is 12.1. The van der Waals surface area contributed by atoms with Crippen LogP contribution in [0.3, 0.4) is 0 Å². The van der Waals surface area contributed by atoms with Gasteiger partial charge in [-0.2, -0.15) is 0 Å². The Bertz CT molecular complexity index is 1970. The van der Waals surface area contributed by atoms with Gasteiger partial charge in [0.05, 0.1) is 35.2 Å². The lowest BCUT2D eigenvalue weighted by atomic mass is 9.84. The number of carbonyl (C=O) groups excluding carboxylic acids is 3. The fraction of sp³-hybridized carbons (Fsp3) is 0.595. The lowest BCUT2D eigenvalue weighted by molar-refractivity contribution is -0.155. The molecule has 1 saturated carbocycles. The fourth-order valence-electron chi connectivity index (χ4n) is 8.62. The maximum absolute atomic E-state index is 14.2. The number of ether oxygens (including phenoxy) is 2. The Labute approximate surface area is 328 Å². The van der Waals surface area contributed by atoms with Crippen molar-refractivity contribution in [1.82, 2.24) is 30.6 Å². The lowest BCUT2D eigenvalue weighted by Crippen LogP contribution is -2.60. The zero-order valence-electron chi connectivity index (χ0n) is 33.5. The first-order valence-electron chi connectivity index (χ1n) is 19.9. The lowest BCUT2D eigenvalue weighted by Gasteiger charge is -2.35. The molecule has 0 spiro atoms. The second-order valence-corrected chi connectivity index (χ2v) is 18.2. The molecule has 3 aromatic rings. The Morgan fingerprint density at radius 1 is 1.18 bits per heavy atom. The summed E-state index contributed by atoms with van der Waals surface area (Å²) in [5.41, 5.74) is 9.05. The van der Waals surface area contributed by atoms with E-state index in [9.17, 15) is 14.4 Å². The summed E-state index contributed by atoms with van der Waals surface area (Å²) in [5.74, 6) is -0.311. The first-order valence-corrected chi connectivity index (χ1v) is 20.8. The molecular formula is C42H57N7O5S. The summed E-state index contributed by atoms with van der Waals surface area (Å²) in [6.07, 6.45) is 3.68. The third kappa shape index (κ3) is 7.95. The number of benzene rings is 1. The van der Waals surface area contributed by atoms with Crippen LogP contribution in [-0.4, -0.2) is 88.6 Å². The summed E-state index contributed by atoms with van der Waals surface area (Å²) in [5, 5.41) is 10.1. The molecule has 1 aromatic carbocycles. The van der Waals surface area contributed by atoms with E-state index in [0.717, 1.165) is 57.1 Å². The van der Waals surface area contributed by atoms with Crippen LogP contribution < -0.4 is 16.1 Å². The van der Waals surface area contributed by atoms with Crippen molar-refractivity contribution in [1.29, 1.82) is 0 Å². The molecule has 6 bridgehead atoms. The summed E-state index contributed by atoms with van der Waals surface area (Å²) in [4.78, 5) is 51.5. The van der Waals surface area contributed by atoms with E-state index in [-0.39, 0.29) is 66.0 Å². The molecule has 3 aliphatic heterocycles. The summed E-state index contributed by atoms with van der Waals surface area (Å²) in [6, 6.07) is 9.17. The van der Waals surface area contributed by atoms with Crippen LogP contribution in [0.2, 0.25) is 0 Å². The molecule has 2 aromatic heterocycles. The van der Waals surface area contributed by atoms with Gasteiger partial charge in [-0.15, -0.1) is 11.8 Å². The van der Waals surface area contributed by atoms with Crippen molar-refractivity contribution in [2.75, 3.05) is 33.9 Å². The predicted molar refractivity (Wildman–Crippen MR) is 216 cm³/mol. The monoisotopic (exact) mass is 771 g/mol. The van der Waals surface area contributed by atoms with Crippen LogP contribution in [0.5, 0.6) is 0 Å². The summed E-state index contributed by atoms with van der Waals surface area (Å²) in [6.45, 7) is 14.7. The normalized spacial score (nSPS) is 28.7. The number of nitrogens with one attached hydrogen (secondary N) is 3. The third-order valence-corrected chi connectivity index (χ3v) is 13.3. The van der Waals surface area contributed by atoms with Gasteiger partial charge in [-0.1, -0.05) is 40.7 Å². The van der Waals surface area contributed by atoms with E-state index in [1.165, 1.54) is 5.01 Å². The number of pyridine rings is 1. The Balaban J connectivity index is 1.37. The van der Waals surface area contributed by atoms with Gasteiger partial charge in [0, 0.05) is 72.4 Å². The van der Waals surface area contributed by atoms with Crippen LogP contribution in [0.25, 0.3) is 22.2 Å². The number of hydrogen-bond donors (Lipinski definition) is 3. The topological polar surface area (TPSA) is 139 Å². The van der Waals surface area contributed by atoms with Crippen LogP contribution in [0, 0.1) is 23.2 Å². The van der Waals surface area contributed by atoms with Gasteiger partial charge in [0.2, 0.25) is 5.91 Å². The van der Waals surface area contributed by atoms with Gasteiger partial charge in [-0.05, 0) is 80.5 Å². The highest BCUT2D eigenvalue weighted by molar-refractivity contribution is 8.14. The standard InChI is InChI=1S/C42H57N7O5S/c1-23-24(2)35(23)39(50)45-32-20-34-46-37(26(4)55-34)27-13-14-33-29(19-27)30(21-42(5,6)22-54-41(52)31-12-10-17-49(47-31)40(32)51)38(48(33)18-16-43-7)28-11-9-15-44-36(28)25(3)53-8/h9,11,13-15,19,23-26,31-32,35,37,43,47H,10,12,16-18,20-22H2,1-8H3,(H,45,50)/t23-,24+,25-,26?,31-,32-,35+,37?/m0/s1. The Hall–Kier alpha value is -3.78. The van der Waals surface area contributed by atoms with E-state index in [0.29, 0.717) is 25.8 Å². The van der Waals surface area contributed by atoms with Crippen LogP contribution in [0.4, 0.5) is 0 Å². The zero-order valence-corrected chi connectivity index (χ0v) is 34.3. The molecule has 12 nitrogen and oxygen atoms in total. The highest BCUT2D eigenvalue weighted by atomic mass is 32.2. The molecule has 7 rings (SSSR count). The van der Waals surface area contributed by atoms with Crippen molar-refractivity contribution in [3.8, 4) is 11.3 Å². The number of esters is 1. The minimum atomic E-state index is -0.814. The Morgan fingerprint density at radius 2 is 1.96 bits per heavy atom. The van der Waals surface area contributed by atoms with Crippen molar-refractivity contribution in [3.05, 3.63) is 53.3 Å². The Kier molecular flexibility index (Phi) is 11.5. The number of nitrogens with zero attached hydrogens (tertiary/aromatic N) is 4. The zero-order chi connectivity index (χ0) is 39.2. The highest BCUT2D eigenvalue weighted by Crippen LogP contribution is 2.46. The fourth-order valence-corrected chi connectivity index (χ4v) is 9.83. The van der Waals surface area contributed by atoms with E-state index >= 15 is 0 Å². The van der Waals surface area contributed by atoms with Crippen molar-refractivity contribution in [3.63, 3.8) is 0 Å². The highest BCUT2D eigenvalue weighted by Gasteiger charge is 2.49. The van der Waals surface area contributed by atoms with Gasteiger partial charge in [-0.3, -0.25) is 29.4 Å². The molecule has 2 amide bonds. The van der Waals surface area contributed by atoms with E-state index in [1.807, 2.05) is 26.2 Å². The smallest absolute Gasteiger partial charge is 0.324 e. The average molecular weight is 772 g/mol. The van der Waals surface area contributed by atoms with Gasteiger partial charge in [-0.25, -0.2) is 5.43 Å². The number of carbonyl (C=O) groups is 3. The molecule has 55 heavy (non-hydrogen) atoms. The summed E-state index contributed by atoms with van der Waals surface area (Å²) >= 11 is 1.67. The number of aliphatic imine (C=N–C) groups is 1. The Morgan fingerprint density at radius 3 is 2.69 bits per heavy atom. The van der Waals surface area contributed by atoms with Gasteiger partial charge in [0.15, 0.2) is 0 Å². The summed E-state index contributed by atoms with van der Waals surface area (Å²) < 4.78 is 14.3. The molecule has 1 aliphatic carbocycles. The molecule has 3 N–H and O–H groups in total. The molecule has 2 unspecified atom stereocenters. The molecular weight excluding hydrogens is 715 g/mol. The largest absolute Gasteiger partial charge is 0.464 e. The molecule has 13 heteroatoms. The van der Waals surface area contributed by atoms with E-state index in [2.05, 4.69) is 79.5 Å². The summed E-state index contributed by atoms with van der Waals surface area (Å²) in [7, 11) is 3.67. The van der Waals surface area contributed by atoms with Gasteiger partial charge in [0.25, 0.3) is 5.91 Å². The number of likely N-dealkylation sites (N-methyl/N-ethyl adjacent to an activating group) is 1. The second-order valence-electron chi connectivity index (χ2n) is 16.7. The molecule has 8 atom stereocenters. The minimum absolute atomic E-state index is 0.0999. The maximum Gasteiger partial charge on any atom is 0.324 e. The first kappa shape index (κ1) is 39.5. The quantitative estimate of drug-likeness (QED) is 0.250. The van der Waals surface area contributed by atoms with Gasteiger partial charge in [0.1, 0.15) is 12.1 Å². The molecule has 296 valence electrons. The SMILES string of the molecule is CNCCn1c(-c2cccnc2[C@H](C)OC)c2c3cc(ccc31)C1N=C(C[C@H](NC(=O)[C@H]3[C@H](C)[C@@H]3C)C(=O)N3CCC[C@H](N3)C(=O)OCC(C)(C)C2)SC1C. The van der Waals surface area contributed by atoms with Crippen LogP contribution >= 0.6 is 11.8 Å².